The molecule has 0 N–H and O–H groups in total. The van der Waals surface area contributed by atoms with Gasteiger partial charge in [0.25, 0.3) is 0 Å². The van der Waals surface area contributed by atoms with E-state index < -0.39 is 27.8 Å². The topological polar surface area (TPSA) is 40.9 Å². The molecule has 0 aliphatic heterocycles. The molecule has 5 heteroatoms. The molecule has 1 rings (SSSR count). The Morgan fingerprint density at radius 1 is 1.41 bits per heavy atom. The first-order valence-electron chi connectivity index (χ1n) is 5.10. The number of halogens is 2. The van der Waals surface area contributed by atoms with Crippen LogP contribution in [0.2, 0.25) is 0 Å². The summed E-state index contributed by atoms with van der Waals surface area (Å²) in [5.41, 5.74) is -0.612. The molecule has 0 radical (unpaired) electrons. The minimum absolute atomic E-state index is 0.140. The Hall–Kier alpha value is -1.28. The summed E-state index contributed by atoms with van der Waals surface area (Å²) >= 11 is 0. The van der Waals surface area contributed by atoms with Crippen LogP contribution < -0.4 is 0 Å². The van der Waals surface area contributed by atoms with Gasteiger partial charge < -0.3 is 0 Å². The van der Waals surface area contributed by atoms with Gasteiger partial charge in [0, 0.05) is 5.75 Å². The molecule has 0 heterocycles. The van der Waals surface area contributed by atoms with Crippen molar-refractivity contribution in [2.45, 2.75) is 25.2 Å². The van der Waals surface area contributed by atoms with Crippen LogP contribution in [0.1, 0.15) is 20.3 Å². The van der Waals surface area contributed by atoms with E-state index in [1.54, 1.807) is 13.8 Å². The van der Waals surface area contributed by atoms with Gasteiger partial charge in [0.05, 0.1) is 27.2 Å². The SMILES string of the molecule is CC(C)(C#N)CCS(=O)c1cc(F)ccc1F. The molecule has 0 fully saturated rings. The first-order valence-corrected chi connectivity index (χ1v) is 6.42. The quantitative estimate of drug-likeness (QED) is 0.832. The van der Waals surface area contributed by atoms with Crippen molar-refractivity contribution in [1.29, 1.82) is 5.26 Å². The zero-order chi connectivity index (χ0) is 13.1. The summed E-state index contributed by atoms with van der Waals surface area (Å²) in [6, 6.07) is 4.94. The minimum atomic E-state index is -1.62. The summed E-state index contributed by atoms with van der Waals surface area (Å²) in [4.78, 5) is -0.140. The maximum absolute atomic E-state index is 13.3. The zero-order valence-electron chi connectivity index (χ0n) is 9.67. The van der Waals surface area contributed by atoms with Crippen LogP contribution in [0.4, 0.5) is 8.78 Å². The van der Waals surface area contributed by atoms with Gasteiger partial charge in [-0.05, 0) is 38.5 Å². The van der Waals surface area contributed by atoms with Crippen LogP contribution in [-0.4, -0.2) is 9.96 Å². The highest BCUT2D eigenvalue weighted by molar-refractivity contribution is 7.85. The van der Waals surface area contributed by atoms with E-state index >= 15 is 0 Å². The van der Waals surface area contributed by atoms with Gasteiger partial charge in [-0.15, -0.1) is 0 Å². The Balaban J connectivity index is 2.78. The number of benzene rings is 1. The molecular formula is C12H13F2NOS. The Bertz CT molecular complexity index is 480. The fraction of sp³-hybridized carbons (Fsp3) is 0.417. The van der Waals surface area contributed by atoms with E-state index in [1.807, 2.05) is 0 Å². The average molecular weight is 257 g/mol. The molecule has 0 saturated heterocycles. The average Bonchev–Trinajstić information content (AvgIpc) is 2.29. The molecule has 1 atom stereocenters. The lowest BCUT2D eigenvalue weighted by atomic mass is 9.93. The minimum Gasteiger partial charge on any atom is -0.254 e. The Kier molecular flexibility index (Phi) is 4.35. The molecule has 0 bridgehead atoms. The highest BCUT2D eigenvalue weighted by Gasteiger charge is 2.19. The summed E-state index contributed by atoms with van der Waals surface area (Å²) in [6.45, 7) is 3.43. The van der Waals surface area contributed by atoms with Crippen molar-refractivity contribution < 1.29 is 13.0 Å². The summed E-state index contributed by atoms with van der Waals surface area (Å²) in [7, 11) is -1.62. The third-order valence-electron chi connectivity index (χ3n) is 2.35. The monoisotopic (exact) mass is 257 g/mol. The maximum atomic E-state index is 13.3. The second-order valence-corrected chi connectivity index (χ2v) is 5.91. The van der Waals surface area contributed by atoms with Crippen LogP contribution in [0.3, 0.4) is 0 Å². The second kappa shape index (κ2) is 5.37. The molecule has 92 valence electrons. The zero-order valence-corrected chi connectivity index (χ0v) is 10.5. The van der Waals surface area contributed by atoms with Gasteiger partial charge in [-0.1, -0.05) is 0 Å². The van der Waals surface area contributed by atoms with Crippen LogP contribution in [-0.2, 0) is 10.8 Å². The molecule has 1 unspecified atom stereocenters. The normalized spacial score (nSPS) is 13.1. The van der Waals surface area contributed by atoms with Crippen molar-refractivity contribution in [2.24, 2.45) is 5.41 Å². The highest BCUT2D eigenvalue weighted by Crippen LogP contribution is 2.22. The van der Waals surface area contributed by atoms with Gasteiger partial charge in [-0.2, -0.15) is 5.26 Å². The predicted octanol–water partition coefficient (Wildman–Crippen LogP) is 3.01. The lowest BCUT2D eigenvalue weighted by Crippen LogP contribution is -2.13. The number of nitrogens with zero attached hydrogens (tertiary/aromatic N) is 1. The summed E-state index contributed by atoms with van der Waals surface area (Å²) in [5, 5.41) is 8.79. The van der Waals surface area contributed by atoms with Crippen LogP contribution in [0, 0.1) is 28.4 Å². The predicted molar refractivity (Wildman–Crippen MR) is 61.6 cm³/mol. The van der Waals surface area contributed by atoms with Gasteiger partial charge in [0.2, 0.25) is 0 Å². The van der Waals surface area contributed by atoms with Gasteiger partial charge in [-0.3, -0.25) is 4.21 Å². The van der Waals surface area contributed by atoms with Crippen LogP contribution >= 0.6 is 0 Å². The van der Waals surface area contributed by atoms with Crippen molar-refractivity contribution in [3.8, 4) is 6.07 Å². The largest absolute Gasteiger partial charge is 0.254 e. The first kappa shape index (κ1) is 13.8. The molecule has 1 aromatic carbocycles. The van der Waals surface area contributed by atoms with E-state index in [9.17, 15) is 13.0 Å². The van der Waals surface area contributed by atoms with E-state index in [2.05, 4.69) is 6.07 Å². The molecule has 0 saturated carbocycles. The van der Waals surface area contributed by atoms with Crippen LogP contribution in [0.5, 0.6) is 0 Å². The molecule has 17 heavy (non-hydrogen) atoms. The molecule has 0 aliphatic rings. The lowest BCUT2D eigenvalue weighted by Gasteiger charge is -2.14. The number of hydrogen-bond acceptors (Lipinski definition) is 2. The summed E-state index contributed by atoms with van der Waals surface area (Å²) < 4.78 is 38.0. The molecule has 0 spiro atoms. The van der Waals surface area contributed by atoms with Crippen molar-refractivity contribution >= 4 is 10.8 Å². The van der Waals surface area contributed by atoms with Crippen LogP contribution in [0.15, 0.2) is 23.1 Å². The fourth-order valence-electron chi connectivity index (χ4n) is 1.17. The highest BCUT2D eigenvalue weighted by atomic mass is 32.2. The molecule has 1 aromatic rings. The van der Waals surface area contributed by atoms with Gasteiger partial charge >= 0.3 is 0 Å². The summed E-state index contributed by atoms with van der Waals surface area (Å²) in [6.07, 6.45) is 0.367. The second-order valence-electron chi connectivity index (χ2n) is 4.37. The smallest absolute Gasteiger partial charge is 0.139 e. The van der Waals surface area contributed by atoms with Crippen molar-refractivity contribution in [1.82, 2.24) is 0 Å². The van der Waals surface area contributed by atoms with E-state index in [-0.39, 0.29) is 10.6 Å². The Labute approximate surface area is 102 Å². The Morgan fingerprint density at radius 3 is 2.65 bits per heavy atom. The molecule has 0 aliphatic carbocycles. The molecule has 0 amide bonds. The molecule has 0 aromatic heterocycles. The van der Waals surface area contributed by atoms with E-state index in [4.69, 9.17) is 5.26 Å². The van der Waals surface area contributed by atoms with E-state index in [0.717, 1.165) is 18.2 Å². The number of rotatable bonds is 4. The summed E-state index contributed by atoms with van der Waals surface area (Å²) in [5.74, 6) is -1.16. The van der Waals surface area contributed by atoms with E-state index in [0.29, 0.717) is 6.42 Å². The van der Waals surface area contributed by atoms with Gasteiger partial charge in [0.1, 0.15) is 11.6 Å². The standard InChI is InChI=1S/C12H13F2NOS/c1-12(2,8-15)5-6-17(16)11-7-9(13)3-4-10(11)14/h3-4,7H,5-6H2,1-2H3. The van der Waals surface area contributed by atoms with Crippen molar-refractivity contribution in [3.05, 3.63) is 29.8 Å². The third-order valence-corrected chi connectivity index (χ3v) is 3.73. The lowest BCUT2D eigenvalue weighted by molar-refractivity contribution is 0.478. The number of nitriles is 1. The van der Waals surface area contributed by atoms with Gasteiger partial charge in [-0.25, -0.2) is 8.78 Å². The maximum Gasteiger partial charge on any atom is 0.139 e. The van der Waals surface area contributed by atoms with Crippen molar-refractivity contribution in [3.63, 3.8) is 0 Å². The van der Waals surface area contributed by atoms with Crippen LogP contribution in [0.25, 0.3) is 0 Å². The third kappa shape index (κ3) is 3.90. The van der Waals surface area contributed by atoms with Gasteiger partial charge in [0.15, 0.2) is 0 Å². The fourth-order valence-corrected chi connectivity index (χ4v) is 2.61. The van der Waals surface area contributed by atoms with E-state index in [1.165, 1.54) is 0 Å². The Morgan fingerprint density at radius 2 is 2.06 bits per heavy atom. The molecule has 2 nitrogen and oxygen atoms in total. The molecular weight excluding hydrogens is 244 g/mol. The first-order chi connectivity index (χ1) is 7.85. The van der Waals surface area contributed by atoms with Crippen molar-refractivity contribution in [2.75, 3.05) is 5.75 Å². The number of hydrogen-bond donors (Lipinski definition) is 0.